The number of carbonyl (C=O) groups is 1. The lowest BCUT2D eigenvalue weighted by Gasteiger charge is -2.10. The topological polar surface area (TPSA) is 56.2 Å². The van der Waals surface area contributed by atoms with Crippen molar-refractivity contribution in [2.24, 2.45) is 5.92 Å². The summed E-state index contributed by atoms with van der Waals surface area (Å²) in [6, 6.07) is 0.155. The Hall–Kier alpha value is -1.52. The molecule has 0 aromatic carbocycles. The molecule has 0 aliphatic heterocycles. The summed E-state index contributed by atoms with van der Waals surface area (Å²) in [7, 11) is 1.51. The smallest absolute Gasteiger partial charge is 0.329 e. The second-order valence-electron chi connectivity index (χ2n) is 4.52. The third-order valence-corrected chi connectivity index (χ3v) is 2.70. The van der Waals surface area contributed by atoms with Crippen LogP contribution in [0.1, 0.15) is 31.7 Å². The lowest BCUT2D eigenvalue weighted by atomic mass is 10.1. The van der Waals surface area contributed by atoms with Gasteiger partial charge < -0.3 is 10.1 Å². The molecule has 1 rings (SSSR count). The third kappa shape index (κ3) is 3.22. The van der Waals surface area contributed by atoms with Gasteiger partial charge in [-0.15, -0.1) is 0 Å². The Balaban J connectivity index is 2.74. The fourth-order valence-electron chi connectivity index (χ4n) is 1.50. The van der Waals surface area contributed by atoms with Crippen LogP contribution >= 0.6 is 0 Å². The van der Waals surface area contributed by atoms with Crippen LogP contribution in [0, 0.1) is 19.8 Å². The highest BCUT2D eigenvalue weighted by Crippen LogP contribution is 2.15. The lowest BCUT2D eigenvalue weighted by Crippen LogP contribution is -2.31. The zero-order valence-corrected chi connectivity index (χ0v) is 11.2. The van der Waals surface area contributed by atoms with E-state index >= 15 is 0 Å². The molecule has 0 radical (unpaired) electrons. The number of carbonyl (C=O) groups excluding carboxylic acids is 1. The monoisotopic (exact) mass is 239 g/mol. The maximum absolute atomic E-state index is 12.0. The van der Waals surface area contributed by atoms with Crippen molar-refractivity contribution in [3.63, 3.8) is 0 Å². The molecule has 0 aliphatic carbocycles. The molecular weight excluding hydrogens is 218 g/mol. The van der Waals surface area contributed by atoms with E-state index in [-0.39, 0.29) is 6.03 Å². The number of hydrogen-bond acceptors (Lipinski definition) is 3. The Morgan fingerprint density at radius 3 is 2.65 bits per heavy atom. The standard InChI is InChI=1S/C12H21N3O2/c1-8(2)6-7-13-11(16)15-10(4)9(3)14-12(15)17-5/h8H,6-7H2,1-5H3,(H,13,16). The van der Waals surface area contributed by atoms with Crippen LogP contribution in [0.2, 0.25) is 0 Å². The van der Waals surface area contributed by atoms with E-state index in [1.54, 1.807) is 0 Å². The Kier molecular flexibility index (Phi) is 4.54. The van der Waals surface area contributed by atoms with E-state index in [0.717, 1.165) is 17.8 Å². The molecule has 0 saturated heterocycles. The van der Waals surface area contributed by atoms with Crippen molar-refractivity contribution in [2.45, 2.75) is 34.1 Å². The number of nitrogens with one attached hydrogen (secondary N) is 1. The normalized spacial score (nSPS) is 10.7. The van der Waals surface area contributed by atoms with Crippen molar-refractivity contribution in [1.82, 2.24) is 14.9 Å². The van der Waals surface area contributed by atoms with Gasteiger partial charge in [0.15, 0.2) is 0 Å². The lowest BCUT2D eigenvalue weighted by molar-refractivity contribution is 0.237. The maximum atomic E-state index is 12.0. The van der Waals surface area contributed by atoms with E-state index in [1.807, 2.05) is 13.8 Å². The molecule has 0 saturated carbocycles. The number of aryl methyl sites for hydroxylation is 1. The second-order valence-corrected chi connectivity index (χ2v) is 4.52. The largest absolute Gasteiger partial charge is 0.468 e. The molecule has 0 bridgehead atoms. The summed E-state index contributed by atoms with van der Waals surface area (Å²) in [6.45, 7) is 8.62. The molecule has 1 aromatic heterocycles. The maximum Gasteiger partial charge on any atom is 0.329 e. The minimum atomic E-state index is -0.180. The first-order valence-electron chi connectivity index (χ1n) is 5.85. The number of hydrogen-bond donors (Lipinski definition) is 1. The molecule has 1 aromatic rings. The number of nitrogens with zero attached hydrogens (tertiary/aromatic N) is 2. The van der Waals surface area contributed by atoms with Gasteiger partial charge >= 0.3 is 12.0 Å². The van der Waals surface area contributed by atoms with Gasteiger partial charge in [0.25, 0.3) is 0 Å². The molecule has 0 spiro atoms. The predicted octanol–water partition coefficient (Wildman–Crippen LogP) is 2.11. The number of ether oxygens (including phenoxy) is 1. The molecule has 17 heavy (non-hydrogen) atoms. The van der Waals surface area contributed by atoms with E-state index in [4.69, 9.17) is 4.74 Å². The number of aromatic nitrogens is 2. The summed E-state index contributed by atoms with van der Waals surface area (Å²) in [5.74, 6) is 0.572. The zero-order valence-electron chi connectivity index (χ0n) is 11.2. The average Bonchev–Trinajstić information content (AvgIpc) is 2.54. The molecule has 0 unspecified atom stereocenters. The molecule has 0 atom stereocenters. The van der Waals surface area contributed by atoms with Gasteiger partial charge in [0, 0.05) is 6.54 Å². The highest BCUT2D eigenvalue weighted by molar-refractivity contribution is 5.79. The van der Waals surface area contributed by atoms with Gasteiger partial charge in [-0.3, -0.25) is 0 Å². The summed E-state index contributed by atoms with van der Waals surface area (Å²) in [6.07, 6.45) is 0.959. The number of methoxy groups -OCH3 is 1. The molecule has 0 fully saturated rings. The van der Waals surface area contributed by atoms with Crippen LogP contribution in [0.5, 0.6) is 6.01 Å². The van der Waals surface area contributed by atoms with Gasteiger partial charge in [-0.25, -0.2) is 9.36 Å². The molecule has 5 nitrogen and oxygen atoms in total. The van der Waals surface area contributed by atoms with Gasteiger partial charge in [0.05, 0.1) is 18.5 Å². The quantitative estimate of drug-likeness (QED) is 0.875. The van der Waals surface area contributed by atoms with Gasteiger partial charge in [-0.1, -0.05) is 13.8 Å². The fourth-order valence-corrected chi connectivity index (χ4v) is 1.50. The molecule has 1 heterocycles. The molecular formula is C12H21N3O2. The van der Waals surface area contributed by atoms with Crippen LogP contribution in [0.15, 0.2) is 0 Å². The van der Waals surface area contributed by atoms with E-state index in [0.29, 0.717) is 18.5 Å². The predicted molar refractivity (Wildman–Crippen MR) is 66.5 cm³/mol. The molecule has 1 N–H and O–H groups in total. The summed E-state index contributed by atoms with van der Waals surface area (Å²) < 4.78 is 6.55. The van der Waals surface area contributed by atoms with E-state index in [9.17, 15) is 4.79 Å². The highest BCUT2D eigenvalue weighted by atomic mass is 16.5. The number of imidazole rings is 1. The van der Waals surface area contributed by atoms with Crippen molar-refractivity contribution >= 4 is 6.03 Å². The average molecular weight is 239 g/mol. The Morgan fingerprint density at radius 1 is 1.47 bits per heavy atom. The van der Waals surface area contributed by atoms with Crippen LogP contribution in [0.4, 0.5) is 4.79 Å². The molecule has 96 valence electrons. The molecule has 5 heteroatoms. The fraction of sp³-hybridized carbons (Fsp3) is 0.667. The first-order chi connectivity index (χ1) is 7.97. The van der Waals surface area contributed by atoms with E-state index in [1.165, 1.54) is 11.7 Å². The van der Waals surface area contributed by atoms with Crippen LogP contribution in [-0.4, -0.2) is 29.2 Å². The summed E-state index contributed by atoms with van der Waals surface area (Å²) in [4.78, 5) is 16.1. The van der Waals surface area contributed by atoms with Gasteiger partial charge in [0.1, 0.15) is 0 Å². The number of amides is 1. The second kappa shape index (κ2) is 5.70. The molecule has 1 amide bonds. The minimum absolute atomic E-state index is 0.180. The Bertz CT molecular complexity index is 397. The van der Waals surface area contributed by atoms with Gasteiger partial charge in [-0.2, -0.15) is 4.98 Å². The van der Waals surface area contributed by atoms with Crippen molar-refractivity contribution in [3.8, 4) is 6.01 Å². The minimum Gasteiger partial charge on any atom is -0.468 e. The van der Waals surface area contributed by atoms with Crippen molar-refractivity contribution in [1.29, 1.82) is 0 Å². The van der Waals surface area contributed by atoms with Crippen LogP contribution in [0.3, 0.4) is 0 Å². The van der Waals surface area contributed by atoms with E-state index in [2.05, 4.69) is 24.1 Å². The van der Waals surface area contributed by atoms with Crippen molar-refractivity contribution in [3.05, 3.63) is 11.4 Å². The Labute approximate surface area is 102 Å². The van der Waals surface area contributed by atoms with Crippen LogP contribution in [-0.2, 0) is 0 Å². The van der Waals surface area contributed by atoms with E-state index < -0.39 is 0 Å². The summed E-state index contributed by atoms with van der Waals surface area (Å²) in [5, 5.41) is 2.86. The SMILES string of the molecule is COc1nc(C)c(C)n1C(=O)NCCC(C)C. The molecule has 0 aliphatic rings. The summed E-state index contributed by atoms with van der Waals surface area (Å²) in [5.41, 5.74) is 1.62. The zero-order chi connectivity index (χ0) is 13.0. The number of rotatable bonds is 4. The Morgan fingerprint density at radius 2 is 2.12 bits per heavy atom. The van der Waals surface area contributed by atoms with Crippen molar-refractivity contribution in [2.75, 3.05) is 13.7 Å². The van der Waals surface area contributed by atoms with Gasteiger partial charge in [-0.05, 0) is 26.2 Å². The first-order valence-corrected chi connectivity index (χ1v) is 5.85. The third-order valence-electron chi connectivity index (χ3n) is 2.70. The van der Waals surface area contributed by atoms with Crippen molar-refractivity contribution < 1.29 is 9.53 Å². The van der Waals surface area contributed by atoms with Crippen LogP contribution < -0.4 is 10.1 Å². The summed E-state index contributed by atoms with van der Waals surface area (Å²) >= 11 is 0. The first kappa shape index (κ1) is 13.5. The van der Waals surface area contributed by atoms with Crippen LogP contribution in [0.25, 0.3) is 0 Å². The van der Waals surface area contributed by atoms with Gasteiger partial charge in [0.2, 0.25) is 0 Å². The highest BCUT2D eigenvalue weighted by Gasteiger charge is 2.17.